The molecule has 0 radical (unpaired) electrons. The Balaban J connectivity index is 2.02. The number of para-hydroxylation sites is 1. The van der Waals surface area contributed by atoms with Crippen LogP contribution in [0.2, 0.25) is 0 Å². The third-order valence-corrected chi connectivity index (χ3v) is 6.64. The number of benzene rings is 2. The van der Waals surface area contributed by atoms with Gasteiger partial charge in [0, 0.05) is 30.0 Å². The van der Waals surface area contributed by atoms with Crippen LogP contribution in [0.15, 0.2) is 53.4 Å². The third-order valence-electron chi connectivity index (χ3n) is 4.58. The second-order valence-corrected chi connectivity index (χ2v) is 10.2. The van der Waals surface area contributed by atoms with Gasteiger partial charge < -0.3 is 16.0 Å². The maximum Gasteiger partial charge on any atom is 0.253 e. The molecule has 0 fully saturated rings. The zero-order valence-electron chi connectivity index (χ0n) is 19.2. The minimum Gasteiger partial charge on any atom is -0.376 e. The summed E-state index contributed by atoms with van der Waals surface area (Å²) in [7, 11) is -3.55. The molecule has 8 nitrogen and oxygen atoms in total. The summed E-state index contributed by atoms with van der Waals surface area (Å²) in [5.41, 5.74) is 1.09. The normalized spacial score (nSPS) is 11.8. The van der Waals surface area contributed by atoms with E-state index in [-0.39, 0.29) is 28.8 Å². The molecule has 0 aliphatic carbocycles. The van der Waals surface area contributed by atoms with Crippen molar-refractivity contribution in [3.8, 4) is 0 Å². The molecule has 0 heterocycles. The molecular formula is C23H32N4O4S. The van der Waals surface area contributed by atoms with Gasteiger partial charge >= 0.3 is 0 Å². The van der Waals surface area contributed by atoms with Crippen molar-refractivity contribution in [1.82, 2.24) is 9.62 Å². The topological polar surface area (TPSA) is 108 Å². The van der Waals surface area contributed by atoms with E-state index in [0.717, 1.165) is 0 Å². The highest BCUT2D eigenvalue weighted by Gasteiger charge is 2.21. The van der Waals surface area contributed by atoms with Gasteiger partial charge in [-0.2, -0.15) is 4.31 Å². The summed E-state index contributed by atoms with van der Waals surface area (Å²) in [4.78, 5) is 25.1. The molecule has 0 aromatic heterocycles. The van der Waals surface area contributed by atoms with Gasteiger partial charge in [0.1, 0.15) is 0 Å². The Morgan fingerprint density at radius 3 is 2.09 bits per heavy atom. The molecule has 0 aliphatic heterocycles. The van der Waals surface area contributed by atoms with Gasteiger partial charge in [0.05, 0.1) is 17.0 Å². The van der Waals surface area contributed by atoms with Crippen molar-refractivity contribution >= 4 is 33.2 Å². The largest absolute Gasteiger partial charge is 0.376 e. The molecule has 0 spiro atoms. The van der Waals surface area contributed by atoms with Crippen molar-refractivity contribution in [2.45, 2.75) is 45.1 Å². The number of carbonyl (C=O) groups is 2. The highest BCUT2D eigenvalue weighted by atomic mass is 32.2. The number of hydrogen-bond acceptors (Lipinski definition) is 5. The number of hydrogen-bond donors (Lipinski definition) is 3. The van der Waals surface area contributed by atoms with E-state index >= 15 is 0 Å². The lowest BCUT2D eigenvalue weighted by molar-refractivity contribution is -0.114. The molecule has 2 rings (SSSR count). The smallest absolute Gasteiger partial charge is 0.253 e. The summed E-state index contributed by atoms with van der Waals surface area (Å²) in [6, 6.07) is 13.0. The van der Waals surface area contributed by atoms with E-state index in [9.17, 15) is 18.0 Å². The summed E-state index contributed by atoms with van der Waals surface area (Å²) in [5.74, 6) is -0.554. The molecule has 32 heavy (non-hydrogen) atoms. The summed E-state index contributed by atoms with van der Waals surface area (Å²) in [6.45, 7) is 9.98. The van der Waals surface area contributed by atoms with E-state index < -0.39 is 10.0 Å². The number of sulfonamides is 1. The van der Waals surface area contributed by atoms with Crippen molar-refractivity contribution in [1.29, 1.82) is 0 Å². The molecule has 2 aromatic carbocycles. The molecule has 3 N–H and O–H groups in total. The SMILES string of the molecule is CCN(CC)S(=O)(=O)c1ccc(NC(=O)CNc2ccccc2C(=O)NC(C)(C)C)cc1. The first kappa shape index (κ1) is 25.4. The predicted molar refractivity (Wildman–Crippen MR) is 127 cm³/mol. The van der Waals surface area contributed by atoms with Crippen LogP contribution in [-0.4, -0.2) is 49.7 Å². The molecule has 0 bridgehead atoms. The molecule has 0 saturated heterocycles. The predicted octanol–water partition coefficient (Wildman–Crippen LogP) is 3.30. The van der Waals surface area contributed by atoms with E-state index in [0.29, 0.717) is 30.0 Å². The Bertz CT molecular complexity index is 1040. The fourth-order valence-electron chi connectivity index (χ4n) is 3.05. The number of amides is 2. The maximum atomic E-state index is 12.6. The molecular weight excluding hydrogens is 428 g/mol. The van der Waals surface area contributed by atoms with Crippen LogP contribution in [0.4, 0.5) is 11.4 Å². The molecule has 2 amide bonds. The van der Waals surface area contributed by atoms with Gasteiger partial charge in [-0.05, 0) is 57.2 Å². The Kier molecular flexibility index (Phi) is 8.40. The van der Waals surface area contributed by atoms with Crippen molar-refractivity contribution in [2.24, 2.45) is 0 Å². The quantitative estimate of drug-likeness (QED) is 0.532. The number of carbonyl (C=O) groups excluding carboxylic acids is 2. The molecule has 0 unspecified atom stereocenters. The molecule has 174 valence electrons. The van der Waals surface area contributed by atoms with Crippen LogP contribution in [-0.2, 0) is 14.8 Å². The monoisotopic (exact) mass is 460 g/mol. The van der Waals surface area contributed by atoms with E-state index in [1.165, 1.54) is 16.4 Å². The maximum absolute atomic E-state index is 12.6. The first-order valence-electron chi connectivity index (χ1n) is 10.5. The summed E-state index contributed by atoms with van der Waals surface area (Å²) < 4.78 is 26.5. The van der Waals surface area contributed by atoms with Gasteiger partial charge in [0.25, 0.3) is 5.91 Å². The lowest BCUT2D eigenvalue weighted by atomic mass is 10.1. The first-order chi connectivity index (χ1) is 15.0. The van der Waals surface area contributed by atoms with Crippen LogP contribution in [0.3, 0.4) is 0 Å². The van der Waals surface area contributed by atoms with Crippen LogP contribution < -0.4 is 16.0 Å². The highest BCUT2D eigenvalue weighted by molar-refractivity contribution is 7.89. The first-order valence-corrected chi connectivity index (χ1v) is 12.0. The van der Waals surface area contributed by atoms with Crippen LogP contribution in [0.5, 0.6) is 0 Å². The average Bonchev–Trinajstić information content (AvgIpc) is 2.72. The van der Waals surface area contributed by atoms with Crippen LogP contribution in [0.25, 0.3) is 0 Å². The van der Waals surface area contributed by atoms with Gasteiger partial charge in [-0.15, -0.1) is 0 Å². The molecule has 0 atom stereocenters. The second-order valence-electron chi connectivity index (χ2n) is 8.27. The van der Waals surface area contributed by atoms with Gasteiger partial charge in [-0.3, -0.25) is 9.59 Å². The minimum absolute atomic E-state index is 0.0562. The zero-order chi connectivity index (χ0) is 23.9. The average molecular weight is 461 g/mol. The minimum atomic E-state index is -3.55. The molecule has 0 saturated carbocycles. The Morgan fingerprint density at radius 1 is 0.938 bits per heavy atom. The van der Waals surface area contributed by atoms with Crippen molar-refractivity contribution in [3.05, 3.63) is 54.1 Å². The summed E-state index contributed by atoms with van der Waals surface area (Å²) in [5, 5.41) is 8.62. The van der Waals surface area contributed by atoms with Crippen molar-refractivity contribution in [3.63, 3.8) is 0 Å². The lowest BCUT2D eigenvalue weighted by Gasteiger charge is -2.21. The van der Waals surface area contributed by atoms with Crippen LogP contribution >= 0.6 is 0 Å². The number of rotatable bonds is 9. The standard InChI is InChI=1S/C23H32N4O4S/c1-6-27(7-2)32(30,31)18-14-12-17(13-15-18)25-21(28)16-24-20-11-9-8-10-19(20)22(29)26-23(3,4)5/h8-15,24H,6-7,16H2,1-5H3,(H,25,28)(H,26,29). The number of nitrogens with zero attached hydrogens (tertiary/aromatic N) is 1. The second kappa shape index (κ2) is 10.6. The Morgan fingerprint density at radius 2 is 1.53 bits per heavy atom. The van der Waals surface area contributed by atoms with Crippen LogP contribution in [0, 0.1) is 0 Å². The van der Waals surface area contributed by atoms with Crippen molar-refractivity contribution < 1.29 is 18.0 Å². The summed E-state index contributed by atoms with van der Waals surface area (Å²) in [6.07, 6.45) is 0. The third kappa shape index (κ3) is 6.80. The van der Waals surface area contributed by atoms with E-state index in [1.807, 2.05) is 20.8 Å². The highest BCUT2D eigenvalue weighted by Crippen LogP contribution is 2.19. The molecule has 9 heteroatoms. The zero-order valence-corrected chi connectivity index (χ0v) is 20.0. The Labute approximate surface area is 190 Å². The van der Waals surface area contributed by atoms with Gasteiger partial charge in [-0.25, -0.2) is 8.42 Å². The fraction of sp³-hybridized carbons (Fsp3) is 0.391. The lowest BCUT2D eigenvalue weighted by Crippen LogP contribution is -2.40. The van der Waals surface area contributed by atoms with Gasteiger partial charge in [0.2, 0.25) is 15.9 Å². The van der Waals surface area contributed by atoms with E-state index in [1.54, 1.807) is 50.2 Å². The number of anilines is 2. The Hall–Kier alpha value is -2.91. The fourth-order valence-corrected chi connectivity index (χ4v) is 4.50. The number of nitrogens with one attached hydrogen (secondary N) is 3. The summed E-state index contributed by atoms with van der Waals surface area (Å²) >= 11 is 0. The van der Waals surface area contributed by atoms with Crippen LogP contribution in [0.1, 0.15) is 45.0 Å². The van der Waals surface area contributed by atoms with Gasteiger partial charge in [-0.1, -0.05) is 26.0 Å². The van der Waals surface area contributed by atoms with Crippen molar-refractivity contribution in [2.75, 3.05) is 30.3 Å². The van der Waals surface area contributed by atoms with E-state index in [4.69, 9.17) is 0 Å². The van der Waals surface area contributed by atoms with Gasteiger partial charge in [0.15, 0.2) is 0 Å². The molecule has 2 aromatic rings. The molecule has 0 aliphatic rings. The van der Waals surface area contributed by atoms with E-state index in [2.05, 4.69) is 16.0 Å².